The van der Waals surface area contributed by atoms with Gasteiger partial charge in [-0.05, 0) is 56.2 Å². The second-order valence-corrected chi connectivity index (χ2v) is 9.25. The molecule has 0 spiro atoms. The van der Waals surface area contributed by atoms with E-state index in [9.17, 15) is 9.59 Å². The van der Waals surface area contributed by atoms with Crippen LogP contribution in [0.5, 0.6) is 5.75 Å². The molecule has 3 aromatic rings. The summed E-state index contributed by atoms with van der Waals surface area (Å²) >= 11 is 1.28. The van der Waals surface area contributed by atoms with Gasteiger partial charge in [-0.3, -0.25) is 14.6 Å². The lowest BCUT2D eigenvalue weighted by molar-refractivity contribution is -0.119. The van der Waals surface area contributed by atoms with Gasteiger partial charge in [-0.2, -0.15) is 0 Å². The number of thioether (sulfide) groups is 1. The number of hydrogen-bond donors (Lipinski definition) is 2. The van der Waals surface area contributed by atoms with Crippen LogP contribution in [0.15, 0.2) is 53.9 Å². The highest BCUT2D eigenvalue weighted by Crippen LogP contribution is 2.23. The number of carbonyl (C=O) groups is 2. The summed E-state index contributed by atoms with van der Waals surface area (Å²) in [6.45, 7) is 2.47. The number of carbonyl (C=O) groups excluding carboxylic acids is 2. The maximum atomic E-state index is 12.8. The van der Waals surface area contributed by atoms with Crippen LogP contribution in [0.3, 0.4) is 0 Å². The molecule has 1 aliphatic rings. The van der Waals surface area contributed by atoms with Crippen molar-refractivity contribution in [1.82, 2.24) is 25.1 Å². The molecule has 184 valence electrons. The van der Waals surface area contributed by atoms with E-state index < -0.39 is 0 Å². The van der Waals surface area contributed by atoms with Crippen LogP contribution in [0.25, 0.3) is 11.4 Å². The minimum absolute atomic E-state index is 0.0271. The molecule has 0 atom stereocenters. The number of aromatic nitrogens is 4. The third-order valence-corrected chi connectivity index (χ3v) is 6.59. The summed E-state index contributed by atoms with van der Waals surface area (Å²) in [5.74, 6) is 1.17. The van der Waals surface area contributed by atoms with E-state index in [1.165, 1.54) is 22.9 Å². The molecule has 1 aliphatic carbocycles. The molecule has 0 saturated heterocycles. The zero-order valence-corrected chi connectivity index (χ0v) is 20.6. The SMILES string of the molecule is CCOc1ccc(NC(=O)Cn2nc(-c3ccncc3)nc2SCC(=O)NC2CCCCC2)cc1. The zero-order valence-electron chi connectivity index (χ0n) is 19.8. The number of nitrogens with zero attached hydrogens (tertiary/aromatic N) is 4. The number of anilines is 1. The van der Waals surface area contributed by atoms with Crippen LogP contribution >= 0.6 is 11.8 Å². The number of pyridine rings is 1. The molecule has 1 saturated carbocycles. The van der Waals surface area contributed by atoms with Crippen LogP contribution in [0.1, 0.15) is 39.0 Å². The highest BCUT2D eigenvalue weighted by molar-refractivity contribution is 7.99. The predicted molar refractivity (Wildman–Crippen MR) is 135 cm³/mol. The van der Waals surface area contributed by atoms with Crippen LogP contribution in [0.2, 0.25) is 0 Å². The summed E-state index contributed by atoms with van der Waals surface area (Å²) in [6.07, 6.45) is 8.95. The fraction of sp³-hybridized carbons (Fsp3) is 0.400. The van der Waals surface area contributed by atoms with E-state index in [4.69, 9.17) is 4.74 Å². The highest BCUT2D eigenvalue weighted by atomic mass is 32.2. The molecule has 35 heavy (non-hydrogen) atoms. The Morgan fingerprint density at radius 3 is 2.51 bits per heavy atom. The van der Waals surface area contributed by atoms with E-state index in [2.05, 4.69) is 25.7 Å². The molecule has 9 nitrogen and oxygen atoms in total. The first-order valence-corrected chi connectivity index (χ1v) is 12.9. The van der Waals surface area contributed by atoms with Gasteiger partial charge in [0.1, 0.15) is 12.3 Å². The van der Waals surface area contributed by atoms with Crippen LogP contribution in [0, 0.1) is 0 Å². The Morgan fingerprint density at radius 1 is 1.06 bits per heavy atom. The number of ether oxygens (including phenoxy) is 1. The Balaban J connectivity index is 1.42. The highest BCUT2D eigenvalue weighted by Gasteiger charge is 2.19. The van der Waals surface area contributed by atoms with Gasteiger partial charge in [0.05, 0.1) is 12.4 Å². The molecule has 4 rings (SSSR count). The summed E-state index contributed by atoms with van der Waals surface area (Å²) in [5, 5.41) is 11.0. The number of rotatable bonds is 10. The van der Waals surface area contributed by atoms with Crippen molar-refractivity contribution in [2.24, 2.45) is 0 Å². The molecule has 1 fully saturated rings. The molecule has 2 aromatic heterocycles. The minimum atomic E-state index is -0.242. The smallest absolute Gasteiger partial charge is 0.246 e. The van der Waals surface area contributed by atoms with Crippen molar-refractivity contribution in [3.8, 4) is 17.1 Å². The Bertz CT molecular complexity index is 1110. The third kappa shape index (κ3) is 7.29. The Hall–Kier alpha value is -3.40. The molecule has 10 heteroatoms. The molecular weight excluding hydrogens is 464 g/mol. The van der Waals surface area contributed by atoms with E-state index in [-0.39, 0.29) is 30.2 Å². The maximum Gasteiger partial charge on any atom is 0.246 e. The Morgan fingerprint density at radius 2 is 1.80 bits per heavy atom. The molecule has 0 bridgehead atoms. The predicted octanol–water partition coefficient (Wildman–Crippen LogP) is 3.92. The van der Waals surface area contributed by atoms with Gasteiger partial charge < -0.3 is 15.4 Å². The van der Waals surface area contributed by atoms with Gasteiger partial charge >= 0.3 is 0 Å². The summed E-state index contributed by atoms with van der Waals surface area (Å²) in [4.78, 5) is 33.9. The van der Waals surface area contributed by atoms with Crippen LogP contribution in [-0.2, 0) is 16.1 Å². The van der Waals surface area contributed by atoms with E-state index in [1.54, 1.807) is 24.5 Å². The largest absolute Gasteiger partial charge is 0.494 e. The van der Waals surface area contributed by atoms with Gasteiger partial charge in [-0.15, -0.1) is 5.10 Å². The Labute approximate surface area is 209 Å². The van der Waals surface area contributed by atoms with Crippen molar-refractivity contribution in [2.45, 2.75) is 56.8 Å². The monoisotopic (exact) mass is 494 g/mol. The normalized spacial score (nSPS) is 13.9. The quantitative estimate of drug-likeness (QED) is 0.411. The fourth-order valence-electron chi connectivity index (χ4n) is 3.94. The van der Waals surface area contributed by atoms with Crippen molar-refractivity contribution in [3.05, 3.63) is 48.8 Å². The van der Waals surface area contributed by atoms with Crippen molar-refractivity contribution >= 4 is 29.3 Å². The topological polar surface area (TPSA) is 111 Å². The lowest BCUT2D eigenvalue weighted by Crippen LogP contribution is -2.37. The first kappa shape index (κ1) is 24.7. The van der Waals surface area contributed by atoms with Gasteiger partial charge in [0, 0.05) is 29.7 Å². The average molecular weight is 495 g/mol. The summed E-state index contributed by atoms with van der Waals surface area (Å²) < 4.78 is 6.98. The molecule has 0 unspecified atom stereocenters. The standard InChI is InChI=1S/C25H30N6O3S/c1-2-34-21-10-8-20(9-11-21)27-22(32)16-31-25(29-24(30-31)18-12-14-26-15-13-18)35-17-23(33)28-19-6-4-3-5-7-19/h8-15,19H,2-7,16-17H2,1H3,(H,27,32)(H,28,33). The van der Waals surface area contributed by atoms with Crippen molar-refractivity contribution in [1.29, 1.82) is 0 Å². The van der Waals surface area contributed by atoms with E-state index >= 15 is 0 Å². The van der Waals surface area contributed by atoms with Crippen LogP contribution < -0.4 is 15.4 Å². The number of nitrogens with one attached hydrogen (secondary N) is 2. The summed E-state index contributed by atoms with van der Waals surface area (Å²) in [5.41, 5.74) is 1.45. The lowest BCUT2D eigenvalue weighted by atomic mass is 9.95. The van der Waals surface area contributed by atoms with Gasteiger partial charge in [0.25, 0.3) is 0 Å². The maximum absolute atomic E-state index is 12.8. The van der Waals surface area contributed by atoms with Crippen LogP contribution in [0.4, 0.5) is 5.69 Å². The molecule has 2 heterocycles. The van der Waals surface area contributed by atoms with E-state index in [1.807, 2.05) is 31.2 Å². The molecule has 2 N–H and O–H groups in total. The van der Waals surface area contributed by atoms with E-state index in [0.29, 0.717) is 23.3 Å². The number of amides is 2. The first-order chi connectivity index (χ1) is 17.1. The second-order valence-electron chi connectivity index (χ2n) is 8.31. The van der Waals surface area contributed by atoms with Crippen molar-refractivity contribution in [2.75, 3.05) is 17.7 Å². The van der Waals surface area contributed by atoms with E-state index in [0.717, 1.165) is 37.0 Å². The summed E-state index contributed by atoms with van der Waals surface area (Å²) in [6, 6.07) is 11.1. The van der Waals surface area contributed by atoms with Crippen molar-refractivity contribution in [3.63, 3.8) is 0 Å². The van der Waals surface area contributed by atoms with Gasteiger partial charge in [-0.25, -0.2) is 9.67 Å². The molecule has 0 aliphatic heterocycles. The van der Waals surface area contributed by atoms with Crippen molar-refractivity contribution < 1.29 is 14.3 Å². The molecule has 1 aromatic carbocycles. The minimum Gasteiger partial charge on any atom is -0.494 e. The summed E-state index contributed by atoms with van der Waals surface area (Å²) in [7, 11) is 0. The lowest BCUT2D eigenvalue weighted by Gasteiger charge is -2.22. The first-order valence-electron chi connectivity index (χ1n) is 11.9. The molecule has 0 radical (unpaired) electrons. The average Bonchev–Trinajstić information content (AvgIpc) is 3.27. The zero-order chi connectivity index (χ0) is 24.5. The van der Waals surface area contributed by atoms with Crippen LogP contribution in [-0.4, -0.2) is 50.0 Å². The molecular formula is C25H30N6O3S. The number of hydrogen-bond acceptors (Lipinski definition) is 7. The Kier molecular flexibility index (Phi) is 8.72. The van der Waals surface area contributed by atoms with Gasteiger partial charge in [-0.1, -0.05) is 31.0 Å². The van der Waals surface area contributed by atoms with Gasteiger partial charge in [0.2, 0.25) is 11.8 Å². The molecule has 2 amide bonds. The second kappa shape index (κ2) is 12.3. The van der Waals surface area contributed by atoms with Gasteiger partial charge in [0.15, 0.2) is 11.0 Å². The fourth-order valence-corrected chi connectivity index (χ4v) is 4.69. The third-order valence-electron chi connectivity index (χ3n) is 5.62. The number of benzene rings is 1.